The van der Waals surface area contributed by atoms with E-state index in [0.29, 0.717) is 0 Å². The fourth-order valence-corrected chi connectivity index (χ4v) is 3.30. The maximum atomic E-state index is 12.1. The van der Waals surface area contributed by atoms with Crippen molar-refractivity contribution in [2.45, 2.75) is 79.1 Å². The summed E-state index contributed by atoms with van der Waals surface area (Å²) in [5.41, 5.74) is 4.55. The number of hydrogen-bond acceptors (Lipinski definition) is 2. The quantitative estimate of drug-likeness (QED) is 0.576. The SMILES string of the molecule is CCCCCCCC1=C(C(C)=O)Cc2cc(CC)cc(C)c2O1. The van der Waals surface area contributed by atoms with Gasteiger partial charge >= 0.3 is 0 Å². The molecule has 23 heavy (non-hydrogen) atoms. The molecule has 0 saturated heterocycles. The number of unbranched alkanes of at least 4 members (excludes halogenated alkanes) is 4. The molecular formula is C21H30O2. The molecule has 2 nitrogen and oxygen atoms in total. The molecule has 1 aliphatic rings. The number of benzene rings is 1. The summed E-state index contributed by atoms with van der Waals surface area (Å²) in [5, 5.41) is 0. The molecule has 0 aliphatic carbocycles. The Morgan fingerprint density at radius 3 is 2.52 bits per heavy atom. The molecule has 0 atom stereocenters. The van der Waals surface area contributed by atoms with Crippen LogP contribution in [0, 0.1) is 6.92 Å². The first-order valence-corrected chi connectivity index (χ1v) is 9.10. The molecule has 1 aromatic carbocycles. The molecule has 0 spiro atoms. The van der Waals surface area contributed by atoms with Crippen LogP contribution in [0.4, 0.5) is 0 Å². The molecule has 0 N–H and O–H groups in total. The molecule has 1 heterocycles. The zero-order valence-corrected chi connectivity index (χ0v) is 15.1. The van der Waals surface area contributed by atoms with Gasteiger partial charge in [-0.05, 0) is 43.4 Å². The Kier molecular flexibility index (Phi) is 6.44. The minimum Gasteiger partial charge on any atom is -0.461 e. The summed E-state index contributed by atoms with van der Waals surface area (Å²) in [5.74, 6) is 2.04. The van der Waals surface area contributed by atoms with E-state index in [2.05, 4.69) is 32.9 Å². The summed E-state index contributed by atoms with van der Waals surface area (Å²) in [7, 11) is 0. The number of hydrogen-bond donors (Lipinski definition) is 0. The van der Waals surface area contributed by atoms with Crippen molar-refractivity contribution >= 4 is 5.78 Å². The first-order chi connectivity index (χ1) is 11.1. The third-order valence-electron chi connectivity index (χ3n) is 4.68. The lowest BCUT2D eigenvalue weighted by molar-refractivity contribution is -0.113. The second-order valence-corrected chi connectivity index (χ2v) is 6.66. The Hall–Kier alpha value is -1.57. The first-order valence-electron chi connectivity index (χ1n) is 9.10. The number of rotatable bonds is 8. The van der Waals surface area contributed by atoms with E-state index in [1.54, 1.807) is 6.92 Å². The third kappa shape index (κ3) is 4.46. The lowest BCUT2D eigenvalue weighted by Gasteiger charge is -2.25. The number of Topliss-reactive ketones (excluding diaryl/α,β-unsaturated/α-hetero) is 1. The fraction of sp³-hybridized carbons (Fsp3) is 0.571. The molecular weight excluding hydrogens is 284 g/mol. The summed E-state index contributed by atoms with van der Waals surface area (Å²) in [6.45, 7) is 8.16. The molecule has 2 rings (SSSR count). The van der Waals surface area contributed by atoms with E-state index in [1.165, 1.54) is 42.4 Å². The number of aryl methyl sites for hydroxylation is 2. The molecule has 0 aromatic heterocycles. The van der Waals surface area contributed by atoms with Crippen molar-refractivity contribution < 1.29 is 9.53 Å². The number of ether oxygens (including phenoxy) is 1. The molecule has 0 bridgehead atoms. The van der Waals surface area contributed by atoms with Crippen LogP contribution in [0.15, 0.2) is 23.5 Å². The van der Waals surface area contributed by atoms with Crippen molar-refractivity contribution in [2.24, 2.45) is 0 Å². The highest BCUT2D eigenvalue weighted by atomic mass is 16.5. The summed E-state index contributed by atoms with van der Waals surface area (Å²) < 4.78 is 6.20. The van der Waals surface area contributed by atoms with Crippen LogP contribution in [-0.2, 0) is 17.6 Å². The lowest BCUT2D eigenvalue weighted by Crippen LogP contribution is -2.16. The molecule has 0 radical (unpaired) electrons. The van der Waals surface area contributed by atoms with Crippen molar-refractivity contribution in [2.75, 3.05) is 0 Å². The monoisotopic (exact) mass is 314 g/mol. The third-order valence-corrected chi connectivity index (χ3v) is 4.68. The standard InChI is InChI=1S/C21H30O2/c1-5-7-8-9-10-11-20-19(16(4)22)14-18-13-17(6-2)12-15(3)21(18)23-20/h12-13H,5-11,14H2,1-4H3. The van der Waals surface area contributed by atoms with Crippen LogP contribution in [0.3, 0.4) is 0 Å². The zero-order chi connectivity index (χ0) is 16.8. The predicted molar refractivity (Wildman–Crippen MR) is 96.0 cm³/mol. The Morgan fingerprint density at radius 2 is 1.87 bits per heavy atom. The normalized spacial score (nSPS) is 13.7. The van der Waals surface area contributed by atoms with E-state index < -0.39 is 0 Å². The van der Waals surface area contributed by atoms with Gasteiger partial charge in [-0.15, -0.1) is 0 Å². The van der Waals surface area contributed by atoms with E-state index in [-0.39, 0.29) is 5.78 Å². The number of fused-ring (bicyclic) bond motifs is 1. The van der Waals surface area contributed by atoms with Crippen molar-refractivity contribution in [3.63, 3.8) is 0 Å². The molecule has 0 fully saturated rings. The molecule has 1 aliphatic heterocycles. The van der Waals surface area contributed by atoms with Crippen LogP contribution in [0.2, 0.25) is 0 Å². The molecule has 0 unspecified atom stereocenters. The number of allylic oxidation sites excluding steroid dienone is 2. The maximum absolute atomic E-state index is 12.1. The topological polar surface area (TPSA) is 26.3 Å². The van der Waals surface area contributed by atoms with Gasteiger partial charge in [0.05, 0.1) is 0 Å². The zero-order valence-electron chi connectivity index (χ0n) is 15.1. The first kappa shape index (κ1) is 17.8. The van der Waals surface area contributed by atoms with E-state index in [0.717, 1.165) is 42.8 Å². The van der Waals surface area contributed by atoms with Gasteiger partial charge < -0.3 is 4.74 Å². The summed E-state index contributed by atoms with van der Waals surface area (Å²) >= 11 is 0. The number of ketones is 1. The summed E-state index contributed by atoms with van der Waals surface area (Å²) in [6, 6.07) is 4.40. The fourth-order valence-electron chi connectivity index (χ4n) is 3.30. The van der Waals surface area contributed by atoms with Crippen molar-refractivity contribution in [1.82, 2.24) is 0 Å². The van der Waals surface area contributed by atoms with Crippen LogP contribution < -0.4 is 4.74 Å². The van der Waals surface area contributed by atoms with E-state index in [4.69, 9.17) is 4.74 Å². The average Bonchev–Trinajstić information content (AvgIpc) is 2.54. The van der Waals surface area contributed by atoms with Gasteiger partial charge in [-0.1, -0.05) is 51.7 Å². The van der Waals surface area contributed by atoms with Gasteiger partial charge in [0.15, 0.2) is 5.78 Å². The largest absolute Gasteiger partial charge is 0.461 e. The van der Waals surface area contributed by atoms with Crippen LogP contribution in [0.1, 0.15) is 76.0 Å². The van der Waals surface area contributed by atoms with E-state index in [1.807, 2.05) is 0 Å². The smallest absolute Gasteiger partial charge is 0.159 e. The highest BCUT2D eigenvalue weighted by Crippen LogP contribution is 2.36. The second-order valence-electron chi connectivity index (χ2n) is 6.66. The predicted octanol–water partition coefficient (Wildman–Crippen LogP) is 5.70. The lowest BCUT2D eigenvalue weighted by atomic mass is 9.92. The van der Waals surface area contributed by atoms with Gasteiger partial charge in [-0.25, -0.2) is 0 Å². The van der Waals surface area contributed by atoms with Crippen molar-refractivity contribution in [3.8, 4) is 5.75 Å². The van der Waals surface area contributed by atoms with Crippen molar-refractivity contribution in [1.29, 1.82) is 0 Å². The summed E-state index contributed by atoms with van der Waals surface area (Å²) in [6.07, 6.45) is 8.76. The van der Waals surface area contributed by atoms with Crippen molar-refractivity contribution in [3.05, 3.63) is 40.2 Å². The highest BCUT2D eigenvalue weighted by molar-refractivity contribution is 5.94. The van der Waals surface area contributed by atoms with Gasteiger partial charge in [0.2, 0.25) is 0 Å². The Balaban J connectivity index is 2.16. The number of carbonyl (C=O) groups excluding carboxylic acids is 1. The Morgan fingerprint density at radius 1 is 1.13 bits per heavy atom. The number of carbonyl (C=O) groups is 1. The van der Waals surface area contributed by atoms with Gasteiger partial charge in [-0.2, -0.15) is 0 Å². The second kappa shape index (κ2) is 8.33. The molecule has 2 heteroatoms. The van der Waals surface area contributed by atoms with Crippen LogP contribution >= 0.6 is 0 Å². The maximum Gasteiger partial charge on any atom is 0.159 e. The van der Waals surface area contributed by atoms with Gasteiger partial charge in [-0.3, -0.25) is 4.79 Å². The molecule has 0 saturated carbocycles. The van der Waals surface area contributed by atoms with Gasteiger partial charge in [0.25, 0.3) is 0 Å². The molecule has 1 aromatic rings. The van der Waals surface area contributed by atoms with Crippen LogP contribution in [-0.4, -0.2) is 5.78 Å². The van der Waals surface area contributed by atoms with Gasteiger partial charge in [0, 0.05) is 18.4 Å². The molecule has 126 valence electrons. The Labute approximate surface area is 140 Å². The van der Waals surface area contributed by atoms with E-state index in [9.17, 15) is 4.79 Å². The van der Waals surface area contributed by atoms with Crippen LogP contribution in [0.5, 0.6) is 5.75 Å². The highest BCUT2D eigenvalue weighted by Gasteiger charge is 2.24. The Bertz CT molecular complexity index is 596. The van der Waals surface area contributed by atoms with Gasteiger partial charge in [0.1, 0.15) is 11.5 Å². The van der Waals surface area contributed by atoms with E-state index >= 15 is 0 Å². The minimum absolute atomic E-state index is 0.152. The van der Waals surface area contributed by atoms with Crippen LogP contribution in [0.25, 0.3) is 0 Å². The average molecular weight is 314 g/mol. The molecule has 0 amide bonds. The summed E-state index contributed by atoms with van der Waals surface area (Å²) in [4.78, 5) is 12.1. The minimum atomic E-state index is 0.152.